The average molecular weight is 523 g/mol. The molecule has 34 heavy (non-hydrogen) atoms. The monoisotopic (exact) mass is 522 g/mol. The van der Waals surface area contributed by atoms with Gasteiger partial charge < -0.3 is 10.2 Å². The summed E-state index contributed by atoms with van der Waals surface area (Å²) in [6, 6.07) is 6.41. The molecule has 8 nitrogen and oxygen atoms in total. The van der Waals surface area contributed by atoms with Crippen LogP contribution in [0, 0.1) is 6.92 Å². The molecule has 2 aromatic carbocycles. The zero-order valence-electron chi connectivity index (χ0n) is 17.6. The van der Waals surface area contributed by atoms with Gasteiger partial charge in [0.2, 0.25) is 0 Å². The smallest absolute Gasteiger partial charge is 0.339 e. The Morgan fingerprint density at radius 3 is 2.09 bits per heavy atom. The lowest BCUT2D eigenvalue weighted by Crippen LogP contribution is -2.17. The Labute approximate surface area is 204 Å². The Bertz CT molecular complexity index is 1480. The van der Waals surface area contributed by atoms with Crippen LogP contribution in [0.15, 0.2) is 64.1 Å². The van der Waals surface area contributed by atoms with Crippen molar-refractivity contribution in [3.05, 3.63) is 91.5 Å². The number of benzene rings is 2. The van der Waals surface area contributed by atoms with E-state index in [2.05, 4.69) is 0 Å². The topological polar surface area (TPSA) is 146 Å². The Morgan fingerprint density at radius 2 is 1.53 bits per heavy atom. The van der Waals surface area contributed by atoms with Gasteiger partial charge in [0.15, 0.2) is 5.78 Å². The average Bonchev–Trinajstić information content (AvgIpc) is 2.71. The second kappa shape index (κ2) is 9.19. The minimum atomic E-state index is -4.78. The first kappa shape index (κ1) is 25.4. The van der Waals surface area contributed by atoms with Crippen molar-refractivity contribution in [3.8, 4) is 0 Å². The second-order valence-corrected chi connectivity index (χ2v) is 9.63. The van der Waals surface area contributed by atoms with Crippen molar-refractivity contribution in [2.24, 2.45) is 0 Å². The first-order valence-electron chi connectivity index (χ1n) is 9.46. The SMILES string of the molecule is CC1=C/C(=C(\c2cc(C)cc(C(=O)O)c2)c2c(Cl)ccc(S(=O)(=O)O)c2Cl)C=C(C(=O)O)C1=O. The molecule has 1 aliphatic rings. The number of Topliss-reactive ketones (excluding diaryl/α,β-unsaturated/α-hetero) is 1. The summed E-state index contributed by atoms with van der Waals surface area (Å²) < 4.78 is 33.4. The molecular formula is C23H16Cl2O8S. The molecule has 0 fully saturated rings. The normalized spacial score (nSPS) is 15.5. The van der Waals surface area contributed by atoms with E-state index in [-0.39, 0.29) is 38.4 Å². The van der Waals surface area contributed by atoms with Crippen molar-refractivity contribution in [1.29, 1.82) is 0 Å². The number of hydrogen-bond acceptors (Lipinski definition) is 5. The number of ketones is 1. The highest BCUT2D eigenvalue weighted by Gasteiger charge is 2.28. The van der Waals surface area contributed by atoms with Gasteiger partial charge in [-0.15, -0.1) is 0 Å². The minimum absolute atomic E-state index is 0.0634. The highest BCUT2D eigenvalue weighted by atomic mass is 35.5. The Morgan fingerprint density at radius 1 is 0.912 bits per heavy atom. The van der Waals surface area contributed by atoms with Gasteiger partial charge >= 0.3 is 11.9 Å². The molecule has 0 saturated carbocycles. The predicted molar refractivity (Wildman–Crippen MR) is 125 cm³/mol. The van der Waals surface area contributed by atoms with Gasteiger partial charge in [-0.05, 0) is 78.1 Å². The fourth-order valence-corrected chi connectivity index (χ4v) is 4.97. The van der Waals surface area contributed by atoms with E-state index in [4.69, 9.17) is 23.2 Å². The van der Waals surface area contributed by atoms with Crippen LogP contribution in [0.25, 0.3) is 5.57 Å². The quantitative estimate of drug-likeness (QED) is 0.381. The summed E-state index contributed by atoms with van der Waals surface area (Å²) in [7, 11) is -4.78. The standard InChI is InChI=1S/C23H16Cl2O8S/c1-10-5-12(8-14(6-10)22(27)28)18(13-7-11(2)21(26)15(9-13)23(29)30)19-16(24)3-4-17(20(19)25)34(31,32)33/h3-9H,1-2H3,(H,27,28)(H,29,30)(H,31,32,33)/b18-13-. The lowest BCUT2D eigenvalue weighted by Gasteiger charge is -2.20. The van der Waals surface area contributed by atoms with Gasteiger partial charge in [-0.25, -0.2) is 9.59 Å². The molecule has 176 valence electrons. The predicted octanol–water partition coefficient (Wildman–Crippen LogP) is 4.59. The number of carbonyl (C=O) groups excluding carboxylic acids is 1. The maximum absolute atomic E-state index is 12.3. The molecule has 0 unspecified atom stereocenters. The summed E-state index contributed by atoms with van der Waals surface area (Å²) in [5, 5.41) is 18.5. The number of carboxylic acid groups (broad SMARTS) is 2. The number of aryl methyl sites for hydroxylation is 1. The highest BCUT2D eigenvalue weighted by Crippen LogP contribution is 2.42. The fourth-order valence-electron chi connectivity index (χ4n) is 3.55. The first-order chi connectivity index (χ1) is 15.7. The van der Waals surface area contributed by atoms with Crippen molar-refractivity contribution in [3.63, 3.8) is 0 Å². The Balaban J connectivity index is 2.57. The van der Waals surface area contributed by atoms with Gasteiger partial charge in [0.05, 0.1) is 15.6 Å². The molecule has 0 heterocycles. The third-order valence-electron chi connectivity index (χ3n) is 4.99. The van der Waals surface area contributed by atoms with Crippen LogP contribution in [0.1, 0.15) is 34.0 Å². The van der Waals surface area contributed by atoms with Gasteiger partial charge in [0.1, 0.15) is 10.5 Å². The van der Waals surface area contributed by atoms with Crippen LogP contribution < -0.4 is 0 Å². The van der Waals surface area contributed by atoms with E-state index in [9.17, 15) is 37.6 Å². The van der Waals surface area contributed by atoms with Crippen molar-refractivity contribution >= 4 is 56.6 Å². The van der Waals surface area contributed by atoms with Gasteiger partial charge in [-0.2, -0.15) is 8.42 Å². The van der Waals surface area contributed by atoms with Crippen LogP contribution >= 0.6 is 23.2 Å². The molecule has 2 aromatic rings. The molecule has 1 aliphatic carbocycles. The van der Waals surface area contributed by atoms with Crippen molar-refractivity contribution in [2.45, 2.75) is 18.7 Å². The van der Waals surface area contributed by atoms with Gasteiger partial charge in [0, 0.05) is 5.56 Å². The lowest BCUT2D eigenvalue weighted by atomic mass is 9.85. The zero-order valence-corrected chi connectivity index (χ0v) is 19.9. The van der Waals surface area contributed by atoms with Crippen LogP contribution in [-0.2, 0) is 19.7 Å². The van der Waals surface area contributed by atoms with Crippen LogP contribution in [0.4, 0.5) is 0 Å². The molecule has 3 rings (SSSR count). The number of carbonyl (C=O) groups is 3. The van der Waals surface area contributed by atoms with E-state index in [1.807, 2.05) is 0 Å². The number of aliphatic carboxylic acids is 1. The van der Waals surface area contributed by atoms with Crippen LogP contribution in [-0.4, -0.2) is 40.9 Å². The van der Waals surface area contributed by atoms with Gasteiger partial charge in [0.25, 0.3) is 10.1 Å². The molecular weight excluding hydrogens is 507 g/mol. The Kier molecular flexibility index (Phi) is 6.86. The molecule has 0 saturated heterocycles. The first-order valence-corrected chi connectivity index (χ1v) is 11.7. The Hall–Kier alpha value is -3.24. The maximum atomic E-state index is 12.3. The molecule has 0 aliphatic heterocycles. The molecule has 0 amide bonds. The summed E-state index contributed by atoms with van der Waals surface area (Å²) in [6.07, 6.45) is 2.43. The van der Waals surface area contributed by atoms with Crippen LogP contribution in [0.2, 0.25) is 10.0 Å². The van der Waals surface area contributed by atoms with Crippen LogP contribution in [0.3, 0.4) is 0 Å². The number of hydrogen-bond donors (Lipinski definition) is 3. The number of aromatic carboxylic acids is 1. The molecule has 3 N–H and O–H groups in total. The second-order valence-electron chi connectivity index (χ2n) is 7.45. The van der Waals surface area contributed by atoms with E-state index >= 15 is 0 Å². The van der Waals surface area contributed by atoms with Crippen molar-refractivity contribution < 1.29 is 37.6 Å². The molecule has 11 heteroatoms. The summed E-state index contributed by atoms with van der Waals surface area (Å²) >= 11 is 12.8. The zero-order chi connectivity index (χ0) is 25.5. The van der Waals surface area contributed by atoms with E-state index < -0.39 is 43.3 Å². The fraction of sp³-hybridized carbons (Fsp3) is 0.0870. The molecule has 0 radical (unpaired) electrons. The number of allylic oxidation sites excluding steroid dienone is 4. The van der Waals surface area contributed by atoms with E-state index in [0.29, 0.717) is 5.56 Å². The van der Waals surface area contributed by atoms with E-state index in [1.165, 1.54) is 31.2 Å². The summed E-state index contributed by atoms with van der Waals surface area (Å²) in [5.41, 5.74) is 0.207. The number of carboxylic acids is 2. The lowest BCUT2D eigenvalue weighted by molar-refractivity contribution is -0.134. The largest absolute Gasteiger partial charge is 0.478 e. The van der Waals surface area contributed by atoms with E-state index in [0.717, 1.165) is 12.1 Å². The van der Waals surface area contributed by atoms with E-state index in [1.54, 1.807) is 13.0 Å². The highest BCUT2D eigenvalue weighted by molar-refractivity contribution is 7.86. The number of halogens is 2. The third kappa shape index (κ3) is 4.83. The van der Waals surface area contributed by atoms with Crippen molar-refractivity contribution in [2.75, 3.05) is 0 Å². The maximum Gasteiger partial charge on any atom is 0.339 e. The minimum Gasteiger partial charge on any atom is -0.478 e. The van der Waals surface area contributed by atoms with Crippen LogP contribution in [0.5, 0.6) is 0 Å². The van der Waals surface area contributed by atoms with Crippen molar-refractivity contribution in [1.82, 2.24) is 0 Å². The molecule has 0 spiro atoms. The molecule has 0 aromatic heterocycles. The summed E-state index contributed by atoms with van der Waals surface area (Å²) in [5.74, 6) is -3.46. The molecule has 0 atom stereocenters. The molecule has 0 bridgehead atoms. The number of rotatable bonds is 5. The summed E-state index contributed by atoms with van der Waals surface area (Å²) in [6.45, 7) is 3.02. The third-order valence-corrected chi connectivity index (χ3v) is 6.71. The van der Waals surface area contributed by atoms with Gasteiger partial charge in [-0.1, -0.05) is 29.3 Å². The summed E-state index contributed by atoms with van der Waals surface area (Å²) in [4.78, 5) is 35.0. The van der Waals surface area contributed by atoms with Gasteiger partial charge in [-0.3, -0.25) is 9.35 Å².